The standard InChI is InChI=1S/C21H23F3N2O3S/c22-21(23,24)14-29-13-16-7-5-15(6-8-16)11-25-19(27)17-3-1-9-26(12-17)20(28)18-4-2-10-30-18/h2,4-8,10,17H,1,3,9,11-14H2,(H,25,27)/t17-/m1/s1. The van der Waals surface area contributed by atoms with Crippen molar-refractivity contribution in [2.24, 2.45) is 5.92 Å². The molecule has 2 amide bonds. The second kappa shape index (κ2) is 10.1. The van der Waals surface area contributed by atoms with E-state index in [0.29, 0.717) is 30.1 Å². The van der Waals surface area contributed by atoms with E-state index >= 15 is 0 Å². The number of hydrogen-bond donors (Lipinski definition) is 1. The number of alkyl halides is 3. The van der Waals surface area contributed by atoms with Crippen LogP contribution < -0.4 is 5.32 Å². The average molecular weight is 440 g/mol. The fourth-order valence-electron chi connectivity index (χ4n) is 3.30. The van der Waals surface area contributed by atoms with E-state index in [1.165, 1.54) is 11.3 Å². The van der Waals surface area contributed by atoms with Gasteiger partial charge in [0, 0.05) is 19.6 Å². The molecule has 9 heteroatoms. The summed E-state index contributed by atoms with van der Waals surface area (Å²) in [5.74, 6) is -0.389. The number of amides is 2. The van der Waals surface area contributed by atoms with Crippen molar-refractivity contribution in [3.8, 4) is 0 Å². The van der Waals surface area contributed by atoms with Gasteiger partial charge in [0.15, 0.2) is 0 Å². The van der Waals surface area contributed by atoms with Crippen LogP contribution in [0.2, 0.25) is 0 Å². The first kappa shape index (κ1) is 22.3. The van der Waals surface area contributed by atoms with E-state index in [2.05, 4.69) is 10.1 Å². The maximum atomic E-state index is 12.6. The van der Waals surface area contributed by atoms with Crippen molar-refractivity contribution >= 4 is 23.2 Å². The van der Waals surface area contributed by atoms with Crippen molar-refractivity contribution in [3.05, 3.63) is 57.8 Å². The first-order chi connectivity index (χ1) is 14.3. The van der Waals surface area contributed by atoms with Gasteiger partial charge in [-0.25, -0.2) is 0 Å². The van der Waals surface area contributed by atoms with Crippen LogP contribution in [0.15, 0.2) is 41.8 Å². The molecule has 0 saturated carbocycles. The predicted octanol–water partition coefficient (Wildman–Crippen LogP) is 4.00. The molecule has 30 heavy (non-hydrogen) atoms. The summed E-state index contributed by atoms with van der Waals surface area (Å²) >= 11 is 1.39. The average Bonchev–Trinajstić information content (AvgIpc) is 3.26. The SMILES string of the molecule is O=C(NCc1ccc(COCC(F)(F)F)cc1)[C@@H]1CCCN(C(=O)c2cccs2)C1. The third kappa shape index (κ3) is 6.56. The molecule has 1 aliphatic rings. The van der Waals surface area contributed by atoms with E-state index < -0.39 is 12.8 Å². The second-order valence-electron chi connectivity index (χ2n) is 7.21. The summed E-state index contributed by atoms with van der Waals surface area (Å²) in [5, 5.41) is 4.75. The van der Waals surface area contributed by atoms with Gasteiger partial charge in [-0.15, -0.1) is 11.3 Å². The van der Waals surface area contributed by atoms with E-state index in [-0.39, 0.29) is 24.3 Å². The molecular formula is C21H23F3N2O3S. The molecule has 1 saturated heterocycles. The topological polar surface area (TPSA) is 58.6 Å². The van der Waals surface area contributed by atoms with Gasteiger partial charge in [0.25, 0.3) is 5.91 Å². The van der Waals surface area contributed by atoms with Crippen molar-refractivity contribution in [1.29, 1.82) is 0 Å². The highest BCUT2D eigenvalue weighted by molar-refractivity contribution is 7.12. The van der Waals surface area contributed by atoms with Crippen LogP contribution in [0.5, 0.6) is 0 Å². The minimum Gasteiger partial charge on any atom is -0.367 e. The molecule has 1 N–H and O–H groups in total. The molecule has 0 spiro atoms. The maximum Gasteiger partial charge on any atom is 0.411 e. The van der Waals surface area contributed by atoms with E-state index in [0.717, 1.165) is 18.4 Å². The highest BCUT2D eigenvalue weighted by Crippen LogP contribution is 2.21. The Balaban J connectivity index is 1.45. The Bertz CT molecular complexity index is 838. The van der Waals surface area contributed by atoms with Gasteiger partial charge in [-0.2, -0.15) is 13.2 Å². The number of thiophene rings is 1. The lowest BCUT2D eigenvalue weighted by atomic mass is 9.97. The smallest absolute Gasteiger partial charge is 0.367 e. The predicted molar refractivity (Wildman–Crippen MR) is 107 cm³/mol. The molecule has 2 aromatic rings. The van der Waals surface area contributed by atoms with Gasteiger partial charge < -0.3 is 15.0 Å². The highest BCUT2D eigenvalue weighted by Gasteiger charge is 2.29. The zero-order valence-corrected chi connectivity index (χ0v) is 17.1. The molecule has 5 nitrogen and oxygen atoms in total. The molecule has 162 valence electrons. The van der Waals surface area contributed by atoms with Crippen LogP contribution in [0.4, 0.5) is 13.2 Å². The number of likely N-dealkylation sites (tertiary alicyclic amines) is 1. The third-order valence-corrected chi connectivity index (χ3v) is 5.69. The fraction of sp³-hybridized carbons (Fsp3) is 0.429. The Labute approximate surface area is 176 Å². The van der Waals surface area contributed by atoms with Crippen molar-refractivity contribution in [1.82, 2.24) is 10.2 Å². The monoisotopic (exact) mass is 440 g/mol. The minimum atomic E-state index is -4.34. The number of nitrogens with zero attached hydrogens (tertiary/aromatic N) is 1. The molecule has 3 rings (SSSR count). The summed E-state index contributed by atoms with van der Waals surface area (Å²) < 4.78 is 40.9. The highest BCUT2D eigenvalue weighted by atomic mass is 32.1. The molecule has 1 aromatic carbocycles. The maximum absolute atomic E-state index is 12.6. The number of piperidine rings is 1. The number of halogens is 3. The first-order valence-corrected chi connectivity index (χ1v) is 10.5. The number of rotatable bonds is 7. The van der Waals surface area contributed by atoms with E-state index in [1.807, 2.05) is 11.4 Å². The van der Waals surface area contributed by atoms with Gasteiger partial charge >= 0.3 is 6.18 Å². The van der Waals surface area contributed by atoms with Crippen molar-refractivity contribution < 1.29 is 27.5 Å². The van der Waals surface area contributed by atoms with Gasteiger partial charge in [0.1, 0.15) is 6.61 Å². The summed E-state index contributed by atoms with van der Waals surface area (Å²) in [4.78, 5) is 27.5. The lowest BCUT2D eigenvalue weighted by Crippen LogP contribution is -2.45. The van der Waals surface area contributed by atoms with Crippen LogP contribution in [0, 0.1) is 5.92 Å². The normalized spacial score (nSPS) is 17.0. The number of carbonyl (C=O) groups excluding carboxylic acids is 2. The quantitative estimate of drug-likeness (QED) is 0.708. The molecule has 2 heterocycles. The van der Waals surface area contributed by atoms with Gasteiger partial charge in [-0.1, -0.05) is 30.3 Å². The fourth-order valence-corrected chi connectivity index (χ4v) is 3.99. The Morgan fingerprint density at radius 3 is 2.57 bits per heavy atom. The lowest BCUT2D eigenvalue weighted by Gasteiger charge is -2.31. The number of carbonyl (C=O) groups is 2. The molecule has 1 atom stereocenters. The summed E-state index contributed by atoms with van der Waals surface area (Å²) in [6.07, 6.45) is -2.83. The zero-order chi connectivity index (χ0) is 21.6. The van der Waals surface area contributed by atoms with Gasteiger partial charge in [0.2, 0.25) is 5.91 Å². The van der Waals surface area contributed by atoms with Crippen LogP contribution in [-0.2, 0) is 22.7 Å². The van der Waals surface area contributed by atoms with Crippen LogP contribution in [-0.4, -0.2) is 42.6 Å². The molecule has 1 aliphatic heterocycles. The number of ether oxygens (including phenoxy) is 1. The number of nitrogens with one attached hydrogen (secondary N) is 1. The van der Waals surface area contributed by atoms with Crippen molar-refractivity contribution in [2.45, 2.75) is 32.2 Å². The Morgan fingerprint density at radius 2 is 1.90 bits per heavy atom. The van der Waals surface area contributed by atoms with Crippen LogP contribution in [0.3, 0.4) is 0 Å². The summed E-state index contributed by atoms with van der Waals surface area (Å²) in [6, 6.07) is 10.5. The molecule has 0 radical (unpaired) electrons. The molecule has 0 aliphatic carbocycles. The first-order valence-electron chi connectivity index (χ1n) is 9.64. The summed E-state index contributed by atoms with van der Waals surface area (Å²) in [7, 11) is 0. The Morgan fingerprint density at radius 1 is 1.17 bits per heavy atom. The third-order valence-electron chi connectivity index (χ3n) is 4.84. The van der Waals surface area contributed by atoms with E-state index in [9.17, 15) is 22.8 Å². The van der Waals surface area contributed by atoms with Crippen LogP contribution >= 0.6 is 11.3 Å². The largest absolute Gasteiger partial charge is 0.411 e. The Hall–Kier alpha value is -2.39. The van der Waals surface area contributed by atoms with Crippen LogP contribution in [0.25, 0.3) is 0 Å². The second-order valence-corrected chi connectivity index (χ2v) is 8.16. The molecule has 0 unspecified atom stereocenters. The molecular weight excluding hydrogens is 417 g/mol. The van der Waals surface area contributed by atoms with Gasteiger partial charge in [-0.3, -0.25) is 9.59 Å². The number of hydrogen-bond acceptors (Lipinski definition) is 4. The molecule has 1 aromatic heterocycles. The van der Waals surface area contributed by atoms with Crippen LogP contribution in [0.1, 0.15) is 33.6 Å². The van der Waals surface area contributed by atoms with Gasteiger partial charge in [-0.05, 0) is 35.4 Å². The van der Waals surface area contributed by atoms with E-state index in [4.69, 9.17) is 0 Å². The number of benzene rings is 1. The molecule has 1 fully saturated rings. The van der Waals surface area contributed by atoms with E-state index in [1.54, 1.807) is 35.2 Å². The lowest BCUT2D eigenvalue weighted by molar-refractivity contribution is -0.176. The summed E-state index contributed by atoms with van der Waals surface area (Å²) in [6.45, 7) is -0.0329. The Kier molecular flexibility index (Phi) is 7.49. The summed E-state index contributed by atoms with van der Waals surface area (Å²) in [5.41, 5.74) is 1.47. The van der Waals surface area contributed by atoms with Gasteiger partial charge in [0.05, 0.1) is 17.4 Å². The van der Waals surface area contributed by atoms with Crippen molar-refractivity contribution in [3.63, 3.8) is 0 Å². The molecule has 0 bridgehead atoms. The van der Waals surface area contributed by atoms with Crippen molar-refractivity contribution in [2.75, 3.05) is 19.7 Å². The minimum absolute atomic E-state index is 0.0363. The zero-order valence-electron chi connectivity index (χ0n) is 16.3.